The molecule has 1 aromatic rings. The van der Waals surface area contributed by atoms with Crippen LogP contribution in [0.3, 0.4) is 0 Å². The molecule has 0 aromatic heterocycles. The van der Waals surface area contributed by atoms with E-state index in [1.807, 2.05) is 0 Å². The van der Waals surface area contributed by atoms with Gasteiger partial charge < -0.3 is 14.6 Å². The highest BCUT2D eigenvalue weighted by atomic mass is 32.2. The van der Waals surface area contributed by atoms with Gasteiger partial charge in [-0.1, -0.05) is 0 Å². The summed E-state index contributed by atoms with van der Waals surface area (Å²) in [5.74, 6) is 0.587. The number of methoxy groups -OCH3 is 1. The van der Waals surface area contributed by atoms with Crippen molar-refractivity contribution in [2.75, 3.05) is 26.9 Å². The molecule has 0 amide bonds. The number of aliphatic hydroxyl groups is 1. The molecular weight excluding hydrogens is 282 g/mol. The molecule has 0 saturated heterocycles. The summed E-state index contributed by atoms with van der Waals surface area (Å²) in [4.78, 5) is 0.163. The van der Waals surface area contributed by atoms with Crippen LogP contribution in [0.2, 0.25) is 0 Å². The minimum Gasteiger partial charge on any atom is -0.491 e. The molecule has 0 spiro atoms. The second-order valence-electron chi connectivity index (χ2n) is 4.86. The van der Waals surface area contributed by atoms with Crippen molar-refractivity contribution >= 4 is 10.0 Å². The van der Waals surface area contributed by atoms with E-state index in [1.54, 1.807) is 19.2 Å². The fraction of sp³-hybridized carbons (Fsp3) is 0.538. The van der Waals surface area contributed by atoms with Gasteiger partial charge in [-0.15, -0.1) is 0 Å². The second kappa shape index (κ2) is 6.09. The number of rotatable bonds is 8. The van der Waals surface area contributed by atoms with E-state index in [0.717, 1.165) is 0 Å². The molecule has 0 radical (unpaired) electrons. The number of nitrogens with one attached hydrogen (secondary N) is 1. The van der Waals surface area contributed by atoms with E-state index in [4.69, 9.17) is 9.47 Å². The molecule has 0 unspecified atom stereocenters. The maximum absolute atomic E-state index is 12.1. The Bertz CT molecular complexity index is 536. The van der Waals surface area contributed by atoms with Gasteiger partial charge in [-0.25, -0.2) is 13.1 Å². The Balaban J connectivity index is 2.01. The molecule has 20 heavy (non-hydrogen) atoms. The number of hydrogen-bond acceptors (Lipinski definition) is 5. The summed E-state index contributed by atoms with van der Waals surface area (Å²) >= 11 is 0. The van der Waals surface area contributed by atoms with Crippen molar-refractivity contribution in [3.8, 4) is 5.75 Å². The van der Waals surface area contributed by atoms with Gasteiger partial charge in [-0.3, -0.25) is 0 Å². The summed E-state index contributed by atoms with van der Waals surface area (Å²) in [6.07, 6.45) is 1.34. The molecular formula is C13H19NO5S. The summed E-state index contributed by atoms with van der Waals surface area (Å²) in [6.45, 7) is 0.708. The zero-order valence-electron chi connectivity index (χ0n) is 11.3. The van der Waals surface area contributed by atoms with Crippen molar-refractivity contribution in [3.05, 3.63) is 24.3 Å². The van der Waals surface area contributed by atoms with Crippen LogP contribution in [0.1, 0.15) is 12.8 Å². The predicted molar refractivity (Wildman–Crippen MR) is 73.2 cm³/mol. The molecule has 1 aromatic carbocycles. The average Bonchev–Trinajstić information content (AvgIpc) is 3.19. The third-order valence-electron chi connectivity index (χ3n) is 3.20. The van der Waals surface area contributed by atoms with E-state index in [9.17, 15) is 13.5 Å². The lowest BCUT2D eigenvalue weighted by Crippen LogP contribution is -2.39. The first-order valence-electron chi connectivity index (χ1n) is 6.38. The van der Waals surface area contributed by atoms with Crippen LogP contribution < -0.4 is 9.46 Å². The van der Waals surface area contributed by atoms with Crippen LogP contribution in [0.4, 0.5) is 0 Å². The number of aliphatic hydroxyl groups excluding tert-OH is 1. The number of benzene rings is 1. The topological polar surface area (TPSA) is 84.9 Å². The second-order valence-corrected chi connectivity index (χ2v) is 6.54. The molecule has 2 rings (SSSR count). The molecule has 2 N–H and O–H groups in total. The van der Waals surface area contributed by atoms with E-state index in [0.29, 0.717) is 31.8 Å². The quantitative estimate of drug-likeness (QED) is 0.684. The molecule has 0 atom stereocenters. The van der Waals surface area contributed by atoms with Crippen LogP contribution in [-0.4, -0.2) is 46.0 Å². The van der Waals surface area contributed by atoms with Gasteiger partial charge in [0.1, 0.15) is 12.4 Å². The molecule has 1 aliphatic carbocycles. The maximum Gasteiger partial charge on any atom is 0.241 e. The van der Waals surface area contributed by atoms with E-state index in [-0.39, 0.29) is 11.5 Å². The Morgan fingerprint density at radius 1 is 1.25 bits per heavy atom. The highest BCUT2D eigenvalue weighted by molar-refractivity contribution is 7.89. The zero-order chi connectivity index (χ0) is 14.6. The van der Waals surface area contributed by atoms with E-state index in [2.05, 4.69) is 4.72 Å². The van der Waals surface area contributed by atoms with Gasteiger partial charge in [0.2, 0.25) is 10.0 Å². The van der Waals surface area contributed by atoms with Gasteiger partial charge in [-0.05, 0) is 37.1 Å². The third kappa shape index (κ3) is 3.69. The van der Waals surface area contributed by atoms with Crippen molar-refractivity contribution < 1.29 is 23.0 Å². The molecule has 0 heterocycles. The summed E-state index contributed by atoms with van der Waals surface area (Å²) in [7, 11) is -2.02. The SMILES string of the molecule is COCCOc1ccc(S(=O)(=O)NC2(CO)CC2)cc1. The summed E-state index contributed by atoms with van der Waals surface area (Å²) < 4.78 is 37.0. The van der Waals surface area contributed by atoms with Crippen molar-refractivity contribution in [3.63, 3.8) is 0 Å². The van der Waals surface area contributed by atoms with E-state index < -0.39 is 15.6 Å². The lowest BCUT2D eigenvalue weighted by atomic mass is 10.3. The van der Waals surface area contributed by atoms with Gasteiger partial charge in [0, 0.05) is 7.11 Å². The van der Waals surface area contributed by atoms with Crippen LogP contribution in [0, 0.1) is 0 Å². The Morgan fingerprint density at radius 2 is 1.90 bits per heavy atom. The fourth-order valence-corrected chi connectivity index (χ4v) is 3.20. The predicted octanol–water partition coefficient (Wildman–Crippen LogP) is 0.515. The lowest BCUT2D eigenvalue weighted by molar-refractivity contribution is 0.146. The number of ether oxygens (including phenoxy) is 2. The molecule has 1 fully saturated rings. The molecule has 112 valence electrons. The van der Waals surface area contributed by atoms with Gasteiger partial charge in [-0.2, -0.15) is 0 Å². The smallest absolute Gasteiger partial charge is 0.241 e. The first kappa shape index (κ1) is 15.2. The number of sulfonamides is 1. The molecule has 0 bridgehead atoms. The standard InChI is InChI=1S/C13H19NO5S/c1-18-8-9-19-11-2-4-12(5-3-11)20(16,17)14-13(10-15)6-7-13/h2-5,14-15H,6-10H2,1H3. The Morgan fingerprint density at radius 3 is 2.40 bits per heavy atom. The van der Waals surface area contributed by atoms with E-state index >= 15 is 0 Å². The first-order valence-corrected chi connectivity index (χ1v) is 7.86. The van der Waals surface area contributed by atoms with Crippen LogP contribution in [0.25, 0.3) is 0 Å². The van der Waals surface area contributed by atoms with E-state index in [1.165, 1.54) is 12.1 Å². The largest absolute Gasteiger partial charge is 0.491 e. The Kier molecular flexibility index (Phi) is 4.64. The third-order valence-corrected chi connectivity index (χ3v) is 4.79. The molecule has 6 nitrogen and oxygen atoms in total. The minimum atomic E-state index is -3.60. The summed E-state index contributed by atoms with van der Waals surface area (Å²) in [6, 6.07) is 6.17. The molecule has 0 aliphatic heterocycles. The highest BCUT2D eigenvalue weighted by Crippen LogP contribution is 2.36. The normalized spacial score (nSPS) is 16.9. The molecule has 1 saturated carbocycles. The zero-order valence-corrected chi connectivity index (χ0v) is 12.1. The van der Waals surface area contributed by atoms with Crippen molar-refractivity contribution in [2.24, 2.45) is 0 Å². The Hall–Kier alpha value is -1.15. The maximum atomic E-state index is 12.1. The van der Waals surface area contributed by atoms with Gasteiger partial charge in [0.05, 0.1) is 23.6 Å². The minimum absolute atomic E-state index is 0.163. The van der Waals surface area contributed by atoms with Gasteiger partial charge in [0.15, 0.2) is 0 Å². The molecule has 7 heteroatoms. The first-order chi connectivity index (χ1) is 9.51. The Labute approximate surface area is 118 Å². The van der Waals surface area contributed by atoms with Crippen LogP contribution >= 0.6 is 0 Å². The monoisotopic (exact) mass is 301 g/mol. The number of hydrogen-bond donors (Lipinski definition) is 2. The summed E-state index contributed by atoms with van der Waals surface area (Å²) in [5.41, 5.74) is -0.660. The van der Waals surface area contributed by atoms with Crippen LogP contribution in [0.15, 0.2) is 29.2 Å². The van der Waals surface area contributed by atoms with Crippen molar-refractivity contribution in [1.29, 1.82) is 0 Å². The average molecular weight is 301 g/mol. The van der Waals surface area contributed by atoms with Crippen LogP contribution in [-0.2, 0) is 14.8 Å². The van der Waals surface area contributed by atoms with Crippen LogP contribution in [0.5, 0.6) is 5.75 Å². The lowest BCUT2D eigenvalue weighted by Gasteiger charge is -2.14. The summed E-state index contributed by atoms with van der Waals surface area (Å²) in [5, 5.41) is 9.17. The van der Waals surface area contributed by atoms with Crippen molar-refractivity contribution in [1.82, 2.24) is 4.72 Å². The molecule has 1 aliphatic rings. The highest BCUT2D eigenvalue weighted by Gasteiger charge is 2.45. The van der Waals surface area contributed by atoms with Crippen molar-refractivity contribution in [2.45, 2.75) is 23.3 Å². The van der Waals surface area contributed by atoms with Gasteiger partial charge >= 0.3 is 0 Å². The fourth-order valence-electron chi connectivity index (χ4n) is 1.75. The van der Waals surface area contributed by atoms with Gasteiger partial charge in [0.25, 0.3) is 0 Å².